The molecule has 0 aliphatic carbocycles. The maximum absolute atomic E-state index is 6.14. The van der Waals surface area contributed by atoms with Crippen molar-refractivity contribution >= 4 is 11.6 Å². The van der Waals surface area contributed by atoms with Crippen LogP contribution in [0.4, 0.5) is 0 Å². The Morgan fingerprint density at radius 3 is 2.76 bits per heavy atom. The summed E-state index contributed by atoms with van der Waals surface area (Å²) in [6, 6.07) is 5.83. The highest BCUT2D eigenvalue weighted by molar-refractivity contribution is 6.32. The van der Waals surface area contributed by atoms with Crippen LogP contribution in [0.15, 0.2) is 24.5 Å². The molecule has 0 aliphatic heterocycles. The molecule has 0 atom stereocenters. The number of nitrogens with zero attached hydrogens (tertiary/aromatic N) is 4. The van der Waals surface area contributed by atoms with Gasteiger partial charge < -0.3 is 14.2 Å². The second kappa shape index (κ2) is 7.43. The second-order valence-electron chi connectivity index (χ2n) is 5.16. The predicted octanol–water partition coefficient (Wildman–Crippen LogP) is 2.56. The van der Waals surface area contributed by atoms with E-state index in [1.165, 1.54) is 0 Å². The van der Waals surface area contributed by atoms with Crippen LogP contribution in [0.5, 0.6) is 5.75 Å². The number of aromatic nitrogens is 3. The third-order valence-corrected chi connectivity index (χ3v) is 3.65. The topological polar surface area (TPSA) is 43.2 Å². The highest BCUT2D eigenvalue weighted by Gasteiger charge is 2.04. The number of hydrogen-bond donors (Lipinski definition) is 0. The van der Waals surface area contributed by atoms with E-state index >= 15 is 0 Å². The second-order valence-corrected chi connectivity index (χ2v) is 5.56. The lowest BCUT2D eigenvalue weighted by Crippen LogP contribution is -2.28. The van der Waals surface area contributed by atoms with E-state index in [0.717, 1.165) is 36.8 Å². The lowest BCUT2D eigenvalue weighted by molar-refractivity contribution is 0.232. The van der Waals surface area contributed by atoms with Crippen LogP contribution in [0.25, 0.3) is 0 Å². The van der Waals surface area contributed by atoms with Gasteiger partial charge in [-0.25, -0.2) is 0 Å². The molecule has 1 aromatic carbocycles. The summed E-state index contributed by atoms with van der Waals surface area (Å²) >= 11 is 6.14. The summed E-state index contributed by atoms with van der Waals surface area (Å²) in [5.74, 6) is 1.68. The van der Waals surface area contributed by atoms with Crippen LogP contribution in [-0.4, -0.2) is 46.4 Å². The van der Waals surface area contributed by atoms with Crippen molar-refractivity contribution in [3.05, 3.63) is 40.9 Å². The van der Waals surface area contributed by atoms with Gasteiger partial charge in [-0.05, 0) is 38.6 Å². The molecule has 2 rings (SSSR count). The van der Waals surface area contributed by atoms with Crippen molar-refractivity contribution in [2.24, 2.45) is 0 Å². The molecule has 0 fully saturated rings. The number of hydrogen-bond acceptors (Lipinski definition) is 4. The summed E-state index contributed by atoms with van der Waals surface area (Å²) in [6.45, 7) is 7.21. The summed E-state index contributed by atoms with van der Waals surface area (Å²) in [6.07, 6.45) is 1.76. The Morgan fingerprint density at radius 1 is 1.29 bits per heavy atom. The van der Waals surface area contributed by atoms with Gasteiger partial charge in [0, 0.05) is 19.6 Å². The van der Waals surface area contributed by atoms with Crippen LogP contribution in [0.1, 0.15) is 11.4 Å². The average molecular weight is 309 g/mol. The van der Waals surface area contributed by atoms with Crippen LogP contribution in [0, 0.1) is 13.8 Å². The number of likely N-dealkylation sites (N-methyl/N-ethyl adjacent to an activating group) is 1. The Morgan fingerprint density at radius 2 is 2.10 bits per heavy atom. The maximum Gasteiger partial charge on any atom is 0.137 e. The lowest BCUT2D eigenvalue weighted by Gasteiger charge is -2.17. The zero-order valence-corrected chi connectivity index (χ0v) is 13.5. The van der Waals surface area contributed by atoms with Crippen molar-refractivity contribution in [1.82, 2.24) is 19.7 Å². The monoisotopic (exact) mass is 308 g/mol. The van der Waals surface area contributed by atoms with Crippen LogP contribution < -0.4 is 4.74 Å². The largest absolute Gasteiger partial charge is 0.491 e. The third kappa shape index (κ3) is 4.72. The molecule has 1 heterocycles. The molecule has 0 saturated carbocycles. The van der Waals surface area contributed by atoms with Gasteiger partial charge in [0.1, 0.15) is 24.5 Å². The van der Waals surface area contributed by atoms with Gasteiger partial charge in [-0.3, -0.25) is 0 Å². The van der Waals surface area contributed by atoms with Crippen molar-refractivity contribution in [1.29, 1.82) is 0 Å². The highest BCUT2D eigenvalue weighted by atomic mass is 35.5. The first-order valence-corrected chi connectivity index (χ1v) is 7.36. The Hall–Kier alpha value is -1.59. The lowest BCUT2D eigenvalue weighted by atomic mass is 10.2. The van der Waals surface area contributed by atoms with Gasteiger partial charge in [-0.15, -0.1) is 10.2 Å². The van der Waals surface area contributed by atoms with E-state index in [4.69, 9.17) is 16.3 Å². The Labute approximate surface area is 130 Å². The first-order chi connectivity index (χ1) is 10.1. The number of halogens is 1. The fraction of sp³-hybridized carbons (Fsp3) is 0.467. The van der Waals surface area contributed by atoms with E-state index in [0.29, 0.717) is 11.6 Å². The molecule has 0 radical (unpaired) electrons. The van der Waals surface area contributed by atoms with E-state index in [-0.39, 0.29) is 0 Å². The van der Waals surface area contributed by atoms with Crippen molar-refractivity contribution in [3.8, 4) is 5.75 Å². The fourth-order valence-corrected chi connectivity index (χ4v) is 2.25. The molecule has 0 spiro atoms. The molecule has 21 heavy (non-hydrogen) atoms. The maximum atomic E-state index is 6.14. The predicted molar refractivity (Wildman–Crippen MR) is 83.9 cm³/mol. The van der Waals surface area contributed by atoms with Gasteiger partial charge in [-0.2, -0.15) is 0 Å². The van der Waals surface area contributed by atoms with Gasteiger partial charge >= 0.3 is 0 Å². The van der Waals surface area contributed by atoms with Crippen LogP contribution in [0.3, 0.4) is 0 Å². The Balaban J connectivity index is 1.71. The molecule has 6 heteroatoms. The van der Waals surface area contributed by atoms with Crippen molar-refractivity contribution in [2.75, 3.05) is 26.7 Å². The van der Waals surface area contributed by atoms with Crippen LogP contribution >= 0.6 is 11.6 Å². The minimum absolute atomic E-state index is 0.612. The quantitative estimate of drug-likeness (QED) is 0.788. The first kappa shape index (κ1) is 15.8. The summed E-state index contributed by atoms with van der Waals surface area (Å²) < 4.78 is 7.75. The smallest absolute Gasteiger partial charge is 0.137 e. The molecular formula is C15H21ClN4O. The number of benzene rings is 1. The van der Waals surface area contributed by atoms with E-state index < -0.39 is 0 Å². The molecule has 2 aromatic rings. The Bertz CT molecular complexity index is 585. The summed E-state index contributed by atoms with van der Waals surface area (Å²) in [7, 11) is 2.07. The molecule has 114 valence electrons. The molecule has 0 unspecified atom stereocenters. The van der Waals surface area contributed by atoms with Crippen LogP contribution in [-0.2, 0) is 6.54 Å². The van der Waals surface area contributed by atoms with E-state index in [2.05, 4.69) is 22.1 Å². The summed E-state index contributed by atoms with van der Waals surface area (Å²) in [4.78, 5) is 2.21. The van der Waals surface area contributed by atoms with Crippen LogP contribution in [0.2, 0.25) is 5.02 Å². The van der Waals surface area contributed by atoms with Crippen molar-refractivity contribution < 1.29 is 4.74 Å². The Kier molecular flexibility index (Phi) is 5.59. The average Bonchev–Trinajstić information content (AvgIpc) is 2.84. The number of rotatable bonds is 7. The molecule has 1 aromatic heterocycles. The molecule has 0 N–H and O–H groups in total. The van der Waals surface area contributed by atoms with Gasteiger partial charge in [0.2, 0.25) is 0 Å². The number of ether oxygens (including phenoxy) is 1. The van der Waals surface area contributed by atoms with E-state index in [1.54, 1.807) is 6.33 Å². The normalized spacial score (nSPS) is 11.1. The zero-order chi connectivity index (χ0) is 15.2. The van der Waals surface area contributed by atoms with Gasteiger partial charge in [0.25, 0.3) is 0 Å². The van der Waals surface area contributed by atoms with E-state index in [9.17, 15) is 0 Å². The molecule has 0 bridgehead atoms. The van der Waals surface area contributed by atoms with Crippen molar-refractivity contribution in [2.45, 2.75) is 20.4 Å². The minimum Gasteiger partial charge on any atom is -0.491 e. The summed E-state index contributed by atoms with van der Waals surface area (Å²) in [5.41, 5.74) is 1.13. The first-order valence-electron chi connectivity index (χ1n) is 6.98. The molecule has 0 amide bonds. The minimum atomic E-state index is 0.612. The van der Waals surface area contributed by atoms with Gasteiger partial charge in [0.15, 0.2) is 0 Å². The fourth-order valence-electron chi connectivity index (χ4n) is 1.96. The van der Waals surface area contributed by atoms with Gasteiger partial charge in [0.05, 0.1) is 5.02 Å². The number of aryl methyl sites for hydroxylation is 2. The SMILES string of the molecule is Cc1ccc(OCCN(C)CCn2cnnc2C)c(Cl)c1. The summed E-state index contributed by atoms with van der Waals surface area (Å²) in [5, 5.41) is 8.51. The highest BCUT2D eigenvalue weighted by Crippen LogP contribution is 2.24. The zero-order valence-electron chi connectivity index (χ0n) is 12.7. The molecule has 0 saturated heterocycles. The molecular weight excluding hydrogens is 288 g/mol. The molecule has 5 nitrogen and oxygen atoms in total. The molecule has 0 aliphatic rings. The van der Waals surface area contributed by atoms with E-state index in [1.807, 2.05) is 36.6 Å². The standard InChI is InChI=1S/C15H21ClN4O/c1-12-4-5-15(14(16)10-12)21-9-8-19(3)6-7-20-11-17-18-13(20)2/h4-5,10-11H,6-9H2,1-3H3. The van der Waals surface area contributed by atoms with Crippen molar-refractivity contribution in [3.63, 3.8) is 0 Å². The third-order valence-electron chi connectivity index (χ3n) is 3.35. The van der Waals surface area contributed by atoms with Gasteiger partial charge in [-0.1, -0.05) is 17.7 Å².